The Morgan fingerprint density at radius 2 is 0.527 bits per heavy atom. The topological polar surface area (TPSA) is 78.9 Å². The van der Waals surface area contributed by atoms with E-state index < -0.39 is 6.10 Å². The molecule has 0 rings (SSSR count). The standard InChI is InChI=1S/C68H118O6/c1-4-7-10-13-16-19-22-25-28-31-34-37-40-43-46-49-52-55-58-61-67(70)73-64-65(63-72-66(69)60-57-54-51-48-45-42-39-36-33-30-27-24-21-18-15-12-9-6-3)74-68(71)62-59-56-53-50-47-44-41-38-35-32-29-26-23-20-17-14-11-8-5-2/h7,10,16-17,19-20,25-26,28-29,34,37,43,46,65H,4-6,8-9,11-15,18,21-24,27,30-33,35-36,38-42,44-45,47-64H2,1-3H3/b10-7+,19-16+,20-17+,28-25+,29-26+,37-34+,46-43+/t65-/m1/s1. The summed E-state index contributed by atoms with van der Waals surface area (Å²) in [4.78, 5) is 38.3. The number of rotatable bonds is 57. The van der Waals surface area contributed by atoms with Crippen LogP contribution in [0.25, 0.3) is 0 Å². The molecule has 0 heterocycles. The Bertz CT molecular complexity index is 1420. The van der Waals surface area contributed by atoms with Crippen LogP contribution < -0.4 is 0 Å². The predicted octanol–water partition coefficient (Wildman–Crippen LogP) is 21.5. The zero-order valence-electron chi connectivity index (χ0n) is 48.8. The minimum Gasteiger partial charge on any atom is -0.462 e. The van der Waals surface area contributed by atoms with Crippen LogP contribution >= 0.6 is 0 Å². The number of hydrogen-bond acceptors (Lipinski definition) is 6. The van der Waals surface area contributed by atoms with Gasteiger partial charge in [-0.1, -0.05) is 279 Å². The second kappa shape index (κ2) is 62.1. The Morgan fingerprint density at radius 1 is 0.284 bits per heavy atom. The molecular weight excluding hydrogens is 913 g/mol. The zero-order valence-corrected chi connectivity index (χ0v) is 48.8. The molecule has 0 N–H and O–H groups in total. The van der Waals surface area contributed by atoms with Crippen molar-refractivity contribution < 1.29 is 28.6 Å². The molecule has 1 atom stereocenters. The third kappa shape index (κ3) is 59.5. The molecule has 0 saturated carbocycles. The van der Waals surface area contributed by atoms with E-state index >= 15 is 0 Å². The summed E-state index contributed by atoms with van der Waals surface area (Å²) in [6, 6.07) is 0. The largest absolute Gasteiger partial charge is 0.462 e. The van der Waals surface area contributed by atoms with Crippen LogP contribution in [0.2, 0.25) is 0 Å². The van der Waals surface area contributed by atoms with Crippen LogP contribution in [0.4, 0.5) is 0 Å². The molecule has 0 aromatic rings. The third-order valence-electron chi connectivity index (χ3n) is 13.6. The van der Waals surface area contributed by atoms with Gasteiger partial charge in [-0.05, 0) is 96.3 Å². The number of unbranched alkanes of at least 4 members (excludes halogenated alkanes) is 32. The molecule has 6 heteroatoms. The van der Waals surface area contributed by atoms with Crippen LogP contribution in [-0.4, -0.2) is 37.2 Å². The number of hydrogen-bond donors (Lipinski definition) is 0. The van der Waals surface area contributed by atoms with E-state index in [1.807, 2.05) is 0 Å². The van der Waals surface area contributed by atoms with E-state index in [2.05, 4.69) is 106 Å². The molecule has 0 radical (unpaired) electrons. The summed E-state index contributed by atoms with van der Waals surface area (Å²) < 4.78 is 16.9. The van der Waals surface area contributed by atoms with Crippen molar-refractivity contribution in [1.82, 2.24) is 0 Å². The number of carbonyl (C=O) groups is 3. The van der Waals surface area contributed by atoms with Gasteiger partial charge in [-0.3, -0.25) is 14.4 Å². The number of ether oxygens (including phenoxy) is 3. The molecule has 74 heavy (non-hydrogen) atoms. The van der Waals surface area contributed by atoms with Crippen molar-refractivity contribution in [2.45, 2.75) is 316 Å². The average Bonchev–Trinajstić information content (AvgIpc) is 3.40. The van der Waals surface area contributed by atoms with Gasteiger partial charge in [-0.25, -0.2) is 0 Å². The van der Waals surface area contributed by atoms with Gasteiger partial charge in [0.2, 0.25) is 0 Å². The molecule has 0 aromatic carbocycles. The normalized spacial score (nSPS) is 12.6. The minimum absolute atomic E-state index is 0.0863. The maximum absolute atomic E-state index is 12.9. The highest BCUT2D eigenvalue weighted by molar-refractivity contribution is 5.71. The zero-order chi connectivity index (χ0) is 53.6. The van der Waals surface area contributed by atoms with Crippen LogP contribution in [-0.2, 0) is 28.6 Å². The molecule has 0 aromatic heterocycles. The molecular formula is C68H118O6. The minimum atomic E-state index is -0.793. The van der Waals surface area contributed by atoms with E-state index in [9.17, 15) is 14.4 Å². The first-order valence-electron chi connectivity index (χ1n) is 31.6. The van der Waals surface area contributed by atoms with Crippen molar-refractivity contribution >= 4 is 17.9 Å². The quantitative estimate of drug-likeness (QED) is 0.0261. The molecule has 0 unspecified atom stereocenters. The fraction of sp³-hybridized carbons (Fsp3) is 0.750. The maximum atomic E-state index is 12.9. The molecule has 0 aliphatic heterocycles. The lowest BCUT2D eigenvalue weighted by Gasteiger charge is -2.18. The van der Waals surface area contributed by atoms with Crippen molar-refractivity contribution in [1.29, 1.82) is 0 Å². The van der Waals surface area contributed by atoms with Gasteiger partial charge >= 0.3 is 17.9 Å². The monoisotopic (exact) mass is 1030 g/mol. The lowest BCUT2D eigenvalue weighted by molar-refractivity contribution is -0.167. The second-order valence-electron chi connectivity index (χ2n) is 20.9. The van der Waals surface area contributed by atoms with Crippen molar-refractivity contribution in [2.24, 2.45) is 0 Å². The van der Waals surface area contributed by atoms with Crippen LogP contribution in [0, 0.1) is 0 Å². The van der Waals surface area contributed by atoms with Gasteiger partial charge in [-0.2, -0.15) is 0 Å². The van der Waals surface area contributed by atoms with Crippen molar-refractivity contribution in [3.05, 3.63) is 85.1 Å². The first-order chi connectivity index (χ1) is 36.5. The molecule has 0 saturated heterocycles. The van der Waals surface area contributed by atoms with Gasteiger partial charge in [0.15, 0.2) is 6.10 Å². The highest BCUT2D eigenvalue weighted by atomic mass is 16.6. The van der Waals surface area contributed by atoms with E-state index in [0.29, 0.717) is 19.3 Å². The lowest BCUT2D eigenvalue weighted by atomic mass is 10.0. The summed E-state index contributed by atoms with van der Waals surface area (Å²) in [7, 11) is 0. The number of carbonyl (C=O) groups excluding carboxylic acids is 3. The molecule has 6 nitrogen and oxygen atoms in total. The van der Waals surface area contributed by atoms with Gasteiger partial charge in [-0.15, -0.1) is 0 Å². The van der Waals surface area contributed by atoms with Crippen molar-refractivity contribution in [3.63, 3.8) is 0 Å². The van der Waals surface area contributed by atoms with Crippen LogP contribution in [0.3, 0.4) is 0 Å². The van der Waals surface area contributed by atoms with Gasteiger partial charge in [0, 0.05) is 19.3 Å². The van der Waals surface area contributed by atoms with E-state index in [1.54, 1.807) is 0 Å². The maximum Gasteiger partial charge on any atom is 0.306 e. The van der Waals surface area contributed by atoms with Crippen LogP contribution in [0.1, 0.15) is 310 Å². The smallest absolute Gasteiger partial charge is 0.306 e. The Kier molecular flexibility index (Phi) is 59.3. The summed E-state index contributed by atoms with van der Waals surface area (Å²) in [6.45, 7) is 6.51. The summed E-state index contributed by atoms with van der Waals surface area (Å²) in [5, 5.41) is 0. The molecule has 426 valence electrons. The molecule has 0 bridgehead atoms. The molecule has 0 aliphatic rings. The van der Waals surface area contributed by atoms with Gasteiger partial charge in [0.1, 0.15) is 13.2 Å². The molecule has 0 spiro atoms. The van der Waals surface area contributed by atoms with Gasteiger partial charge < -0.3 is 14.2 Å². The van der Waals surface area contributed by atoms with Crippen molar-refractivity contribution in [2.75, 3.05) is 13.2 Å². The van der Waals surface area contributed by atoms with Crippen LogP contribution in [0.15, 0.2) is 85.1 Å². The SMILES string of the molecule is CC/C=C/C/C=C/C/C=C/C/C=C/C/C=C/CCCCCC(=O)OC[C@@H](COC(=O)CCCCCCCCCCCCCCCCCCCC)OC(=O)CCCCCCCCCCC/C=C/C/C=C/CCCCC. The number of allylic oxidation sites excluding steroid dienone is 14. The fourth-order valence-corrected chi connectivity index (χ4v) is 8.91. The van der Waals surface area contributed by atoms with E-state index in [-0.39, 0.29) is 31.1 Å². The summed E-state index contributed by atoms with van der Waals surface area (Å²) in [5.74, 6) is -0.910. The van der Waals surface area contributed by atoms with Crippen molar-refractivity contribution in [3.8, 4) is 0 Å². The fourth-order valence-electron chi connectivity index (χ4n) is 8.91. The highest BCUT2D eigenvalue weighted by Crippen LogP contribution is 2.17. The Hall–Kier alpha value is -3.41. The predicted molar refractivity (Wildman–Crippen MR) is 321 cm³/mol. The highest BCUT2D eigenvalue weighted by Gasteiger charge is 2.19. The number of esters is 3. The summed E-state index contributed by atoms with van der Waals surface area (Å²) in [6.07, 6.45) is 81.5. The Balaban J connectivity index is 4.43. The Morgan fingerprint density at radius 3 is 0.865 bits per heavy atom. The molecule has 0 fully saturated rings. The Labute approximate surface area is 458 Å². The summed E-state index contributed by atoms with van der Waals surface area (Å²) >= 11 is 0. The third-order valence-corrected chi connectivity index (χ3v) is 13.6. The van der Waals surface area contributed by atoms with E-state index in [0.717, 1.165) is 103 Å². The van der Waals surface area contributed by atoms with Gasteiger partial charge in [0.05, 0.1) is 0 Å². The second-order valence-corrected chi connectivity index (χ2v) is 20.9. The molecule has 0 amide bonds. The average molecular weight is 1030 g/mol. The molecule has 0 aliphatic carbocycles. The summed E-state index contributed by atoms with van der Waals surface area (Å²) in [5.41, 5.74) is 0. The van der Waals surface area contributed by atoms with E-state index in [4.69, 9.17) is 14.2 Å². The first-order valence-corrected chi connectivity index (χ1v) is 31.6. The lowest BCUT2D eigenvalue weighted by Crippen LogP contribution is -2.30. The van der Waals surface area contributed by atoms with E-state index in [1.165, 1.54) is 167 Å². The first kappa shape index (κ1) is 70.6. The van der Waals surface area contributed by atoms with Crippen LogP contribution in [0.5, 0.6) is 0 Å². The van der Waals surface area contributed by atoms with Gasteiger partial charge in [0.25, 0.3) is 0 Å².